The zero-order valence-corrected chi connectivity index (χ0v) is 9.87. The summed E-state index contributed by atoms with van der Waals surface area (Å²) in [5, 5.41) is 11.6. The summed E-state index contributed by atoms with van der Waals surface area (Å²) >= 11 is 0. The van der Waals surface area contributed by atoms with E-state index in [0.29, 0.717) is 6.42 Å². The van der Waals surface area contributed by atoms with Gasteiger partial charge in [-0.15, -0.1) is 0 Å². The van der Waals surface area contributed by atoms with Crippen molar-refractivity contribution in [3.05, 3.63) is 0 Å². The highest BCUT2D eigenvalue weighted by Gasteiger charge is 2.26. The number of nitrogens with one attached hydrogen (secondary N) is 1. The second kappa shape index (κ2) is 6.51. The molecule has 0 aromatic rings. The molecule has 92 valence electrons. The molecule has 4 nitrogen and oxygen atoms in total. The Hall–Kier alpha value is -1.06. The van der Waals surface area contributed by atoms with Crippen molar-refractivity contribution < 1.29 is 14.7 Å². The first-order valence-corrected chi connectivity index (χ1v) is 6.18. The molecule has 0 aromatic carbocycles. The number of carbonyl (C=O) groups excluding carboxylic acids is 1. The molecule has 0 spiro atoms. The summed E-state index contributed by atoms with van der Waals surface area (Å²) in [7, 11) is 0. The summed E-state index contributed by atoms with van der Waals surface area (Å²) in [4.78, 5) is 22.7. The lowest BCUT2D eigenvalue weighted by molar-refractivity contribution is -0.142. The van der Waals surface area contributed by atoms with E-state index < -0.39 is 12.0 Å². The van der Waals surface area contributed by atoms with Gasteiger partial charge >= 0.3 is 5.97 Å². The van der Waals surface area contributed by atoms with E-state index >= 15 is 0 Å². The minimum Gasteiger partial charge on any atom is -0.480 e. The van der Waals surface area contributed by atoms with E-state index in [-0.39, 0.29) is 11.8 Å². The summed E-state index contributed by atoms with van der Waals surface area (Å²) in [6.45, 7) is 2.01. The number of amides is 1. The summed E-state index contributed by atoms with van der Waals surface area (Å²) in [5.41, 5.74) is 0. The quantitative estimate of drug-likeness (QED) is 0.728. The van der Waals surface area contributed by atoms with Crippen molar-refractivity contribution >= 4 is 11.9 Å². The van der Waals surface area contributed by atoms with Crippen LogP contribution in [0.5, 0.6) is 0 Å². The van der Waals surface area contributed by atoms with E-state index in [0.717, 1.165) is 38.5 Å². The molecule has 1 amide bonds. The maximum Gasteiger partial charge on any atom is 0.326 e. The molecule has 0 saturated heterocycles. The van der Waals surface area contributed by atoms with Gasteiger partial charge < -0.3 is 10.4 Å². The molecule has 1 saturated carbocycles. The lowest BCUT2D eigenvalue weighted by Crippen LogP contribution is -2.43. The number of unbranched alkanes of at least 4 members (excludes halogenated alkanes) is 1. The van der Waals surface area contributed by atoms with Crippen LogP contribution in [0, 0.1) is 5.92 Å². The lowest BCUT2D eigenvalue weighted by Gasteiger charge is -2.16. The molecule has 0 heterocycles. The van der Waals surface area contributed by atoms with Crippen LogP contribution < -0.4 is 5.32 Å². The second-order valence-electron chi connectivity index (χ2n) is 4.52. The van der Waals surface area contributed by atoms with Crippen LogP contribution in [0.1, 0.15) is 51.9 Å². The highest BCUT2D eigenvalue weighted by molar-refractivity contribution is 5.85. The van der Waals surface area contributed by atoms with E-state index in [1.165, 1.54) is 0 Å². The molecule has 1 rings (SSSR count). The van der Waals surface area contributed by atoms with E-state index in [9.17, 15) is 9.59 Å². The van der Waals surface area contributed by atoms with Crippen LogP contribution in [0.2, 0.25) is 0 Å². The fourth-order valence-corrected chi connectivity index (χ4v) is 2.14. The van der Waals surface area contributed by atoms with Gasteiger partial charge in [0.2, 0.25) is 5.91 Å². The van der Waals surface area contributed by atoms with E-state index in [2.05, 4.69) is 5.32 Å². The Morgan fingerprint density at radius 1 is 1.38 bits per heavy atom. The fourth-order valence-electron chi connectivity index (χ4n) is 2.14. The van der Waals surface area contributed by atoms with Gasteiger partial charge in [0.25, 0.3) is 0 Å². The SMILES string of the molecule is CCCC[C@H](NC(=O)C1CCCC1)C(=O)O. The van der Waals surface area contributed by atoms with Crippen molar-refractivity contribution in [3.63, 3.8) is 0 Å². The summed E-state index contributed by atoms with van der Waals surface area (Å²) < 4.78 is 0. The maximum absolute atomic E-state index is 11.7. The maximum atomic E-state index is 11.7. The molecular weight excluding hydrogens is 206 g/mol. The third-order valence-electron chi connectivity index (χ3n) is 3.19. The van der Waals surface area contributed by atoms with Crippen LogP contribution in [0.4, 0.5) is 0 Å². The normalized spacial score (nSPS) is 18.3. The molecule has 0 aromatic heterocycles. The van der Waals surface area contributed by atoms with Crippen molar-refractivity contribution in [1.29, 1.82) is 0 Å². The average Bonchev–Trinajstić information content (AvgIpc) is 2.76. The largest absolute Gasteiger partial charge is 0.480 e. The molecule has 4 heteroatoms. The van der Waals surface area contributed by atoms with E-state index in [1.54, 1.807) is 0 Å². The third kappa shape index (κ3) is 3.83. The predicted octanol–water partition coefficient (Wildman–Crippen LogP) is 1.94. The zero-order chi connectivity index (χ0) is 12.0. The highest BCUT2D eigenvalue weighted by Crippen LogP contribution is 2.24. The minimum absolute atomic E-state index is 0.0449. The standard InChI is InChI=1S/C12H21NO3/c1-2-3-8-10(12(15)16)13-11(14)9-6-4-5-7-9/h9-10H,2-8H2,1H3,(H,13,14)(H,15,16)/t10-/m0/s1. The topological polar surface area (TPSA) is 66.4 Å². The number of carbonyl (C=O) groups is 2. The number of carboxylic acid groups (broad SMARTS) is 1. The van der Waals surface area contributed by atoms with Gasteiger partial charge in [-0.05, 0) is 19.3 Å². The molecule has 0 unspecified atom stereocenters. The zero-order valence-electron chi connectivity index (χ0n) is 9.87. The molecule has 1 aliphatic rings. The lowest BCUT2D eigenvalue weighted by atomic mass is 10.1. The average molecular weight is 227 g/mol. The Kier molecular flexibility index (Phi) is 5.29. The Morgan fingerprint density at radius 3 is 2.50 bits per heavy atom. The number of rotatable bonds is 6. The Labute approximate surface area is 96.4 Å². The summed E-state index contributed by atoms with van der Waals surface area (Å²) in [5.74, 6) is -0.940. The molecule has 2 N–H and O–H groups in total. The highest BCUT2D eigenvalue weighted by atomic mass is 16.4. The van der Waals surface area contributed by atoms with E-state index in [1.807, 2.05) is 6.92 Å². The molecule has 1 fully saturated rings. The van der Waals surface area contributed by atoms with Gasteiger partial charge in [0.15, 0.2) is 0 Å². The van der Waals surface area contributed by atoms with Crippen LogP contribution >= 0.6 is 0 Å². The van der Waals surface area contributed by atoms with Crippen LogP contribution in [0.15, 0.2) is 0 Å². The van der Waals surface area contributed by atoms with Gasteiger partial charge in [-0.2, -0.15) is 0 Å². The molecule has 1 aliphatic carbocycles. The molecule has 0 radical (unpaired) electrons. The van der Waals surface area contributed by atoms with E-state index in [4.69, 9.17) is 5.11 Å². The van der Waals surface area contributed by atoms with Crippen LogP contribution in [-0.4, -0.2) is 23.0 Å². The van der Waals surface area contributed by atoms with Crippen LogP contribution in [-0.2, 0) is 9.59 Å². The first kappa shape index (κ1) is 13.0. The van der Waals surface area contributed by atoms with Crippen molar-refractivity contribution in [1.82, 2.24) is 5.32 Å². The van der Waals surface area contributed by atoms with Gasteiger partial charge in [-0.25, -0.2) is 4.79 Å². The van der Waals surface area contributed by atoms with Crippen molar-refractivity contribution in [3.8, 4) is 0 Å². The smallest absolute Gasteiger partial charge is 0.326 e. The first-order valence-electron chi connectivity index (χ1n) is 6.18. The Balaban J connectivity index is 2.40. The minimum atomic E-state index is -0.917. The number of hydrogen-bond donors (Lipinski definition) is 2. The van der Waals surface area contributed by atoms with Gasteiger partial charge in [-0.1, -0.05) is 32.6 Å². The second-order valence-corrected chi connectivity index (χ2v) is 4.52. The summed E-state index contributed by atoms with van der Waals surface area (Å²) in [6.07, 6.45) is 6.31. The van der Waals surface area contributed by atoms with Gasteiger partial charge in [0, 0.05) is 5.92 Å². The van der Waals surface area contributed by atoms with Crippen LogP contribution in [0.3, 0.4) is 0 Å². The molecule has 0 aliphatic heterocycles. The number of hydrogen-bond acceptors (Lipinski definition) is 2. The predicted molar refractivity (Wildman–Crippen MR) is 61.0 cm³/mol. The van der Waals surface area contributed by atoms with Crippen LogP contribution in [0.25, 0.3) is 0 Å². The molecular formula is C12H21NO3. The molecule has 1 atom stereocenters. The van der Waals surface area contributed by atoms with Crippen molar-refractivity contribution in [2.45, 2.75) is 57.9 Å². The monoisotopic (exact) mass is 227 g/mol. The van der Waals surface area contributed by atoms with Gasteiger partial charge in [-0.3, -0.25) is 4.79 Å². The number of aliphatic carboxylic acids is 1. The fraction of sp³-hybridized carbons (Fsp3) is 0.833. The molecule has 16 heavy (non-hydrogen) atoms. The van der Waals surface area contributed by atoms with Crippen molar-refractivity contribution in [2.24, 2.45) is 5.92 Å². The number of carboxylic acids is 1. The van der Waals surface area contributed by atoms with Crippen molar-refractivity contribution in [2.75, 3.05) is 0 Å². The summed E-state index contributed by atoms with van der Waals surface area (Å²) in [6, 6.07) is -0.701. The first-order chi connectivity index (χ1) is 7.65. The third-order valence-corrected chi connectivity index (χ3v) is 3.19. The Bertz CT molecular complexity index is 247. The van der Waals surface area contributed by atoms with Gasteiger partial charge in [0.1, 0.15) is 6.04 Å². The molecule has 0 bridgehead atoms. The Morgan fingerprint density at radius 2 is 2.00 bits per heavy atom. The van der Waals surface area contributed by atoms with Gasteiger partial charge in [0.05, 0.1) is 0 Å².